The van der Waals surface area contributed by atoms with Gasteiger partial charge in [0.05, 0.1) is 4.90 Å². The first-order valence-electron chi connectivity index (χ1n) is 8.82. The summed E-state index contributed by atoms with van der Waals surface area (Å²) in [6.07, 6.45) is 1.91. The van der Waals surface area contributed by atoms with E-state index in [0.29, 0.717) is 24.2 Å². The van der Waals surface area contributed by atoms with Crippen molar-refractivity contribution in [3.05, 3.63) is 65.2 Å². The van der Waals surface area contributed by atoms with Gasteiger partial charge in [0.2, 0.25) is 15.9 Å². The van der Waals surface area contributed by atoms with Crippen molar-refractivity contribution >= 4 is 15.9 Å². The molecule has 1 N–H and O–H groups in total. The molecule has 0 unspecified atom stereocenters. The molecule has 3 rings (SSSR count). The quantitative estimate of drug-likeness (QED) is 0.877. The number of hydrogen-bond acceptors (Lipinski definition) is 3. The van der Waals surface area contributed by atoms with Gasteiger partial charge in [-0.3, -0.25) is 4.79 Å². The number of benzene rings is 2. The van der Waals surface area contributed by atoms with E-state index in [1.165, 1.54) is 0 Å². The summed E-state index contributed by atoms with van der Waals surface area (Å²) in [5, 5.41) is 0. The maximum absolute atomic E-state index is 13.0. The number of hydrogen-bond donors (Lipinski definition) is 1. The minimum Gasteiger partial charge on any atom is -0.341 e. The van der Waals surface area contributed by atoms with Crippen LogP contribution < -0.4 is 4.72 Å². The molecule has 26 heavy (non-hydrogen) atoms. The second-order valence-corrected chi connectivity index (χ2v) is 8.45. The van der Waals surface area contributed by atoms with E-state index in [2.05, 4.69) is 4.72 Å². The van der Waals surface area contributed by atoms with E-state index in [0.717, 1.165) is 18.4 Å². The van der Waals surface area contributed by atoms with Gasteiger partial charge in [0.25, 0.3) is 0 Å². The molecule has 1 aliphatic heterocycles. The van der Waals surface area contributed by atoms with Crippen molar-refractivity contribution in [3.63, 3.8) is 0 Å². The Morgan fingerprint density at radius 2 is 1.69 bits per heavy atom. The zero-order valence-corrected chi connectivity index (χ0v) is 15.9. The molecule has 138 valence electrons. The normalized spacial score (nSPS) is 15.8. The Kier molecular flexibility index (Phi) is 5.44. The third kappa shape index (κ3) is 3.97. The molecule has 5 nitrogen and oxygen atoms in total. The Labute approximate surface area is 155 Å². The third-order valence-corrected chi connectivity index (χ3v) is 6.27. The van der Waals surface area contributed by atoms with Gasteiger partial charge in [-0.2, -0.15) is 4.72 Å². The molecule has 1 heterocycles. The molecule has 0 spiro atoms. The van der Waals surface area contributed by atoms with Crippen LogP contribution in [0.15, 0.2) is 53.4 Å². The average Bonchev–Trinajstić information content (AvgIpc) is 3.16. The monoisotopic (exact) mass is 372 g/mol. The number of aryl methyl sites for hydroxylation is 2. The maximum atomic E-state index is 13.0. The molecule has 2 aromatic carbocycles. The van der Waals surface area contributed by atoms with Gasteiger partial charge in [-0.05, 0) is 49.4 Å². The highest BCUT2D eigenvalue weighted by Gasteiger charge is 2.32. The highest BCUT2D eigenvalue weighted by Crippen LogP contribution is 2.24. The number of nitrogens with zero attached hydrogens (tertiary/aromatic N) is 1. The summed E-state index contributed by atoms with van der Waals surface area (Å²) < 4.78 is 28.7. The Bertz CT molecular complexity index is 889. The smallest absolute Gasteiger partial charge is 0.245 e. The van der Waals surface area contributed by atoms with Crippen molar-refractivity contribution in [1.29, 1.82) is 0 Å². The second-order valence-electron chi connectivity index (χ2n) is 6.77. The fourth-order valence-electron chi connectivity index (χ4n) is 3.24. The first kappa shape index (κ1) is 18.6. The van der Waals surface area contributed by atoms with Crippen LogP contribution in [0, 0.1) is 13.8 Å². The average molecular weight is 372 g/mol. The van der Waals surface area contributed by atoms with Gasteiger partial charge in [0.1, 0.15) is 6.04 Å². The number of rotatable bonds is 5. The van der Waals surface area contributed by atoms with Crippen LogP contribution in [0.3, 0.4) is 0 Å². The number of carbonyl (C=O) groups excluding carboxylic acids is 1. The standard InChI is InChI=1S/C20H24N2O3S/c1-15-10-11-16(2)18(14-15)26(24,25)21-19(17-8-4-3-5-9-17)20(23)22-12-6-7-13-22/h3-5,8-11,14,19,21H,6-7,12-13H2,1-2H3/t19-/m0/s1. The summed E-state index contributed by atoms with van der Waals surface area (Å²) in [6, 6.07) is 13.4. The molecule has 1 atom stereocenters. The predicted octanol–water partition coefficient (Wildman–Crippen LogP) is 2.95. The van der Waals surface area contributed by atoms with Crippen LogP contribution in [0.4, 0.5) is 0 Å². The van der Waals surface area contributed by atoms with E-state index < -0.39 is 16.1 Å². The number of nitrogens with one attached hydrogen (secondary N) is 1. The lowest BCUT2D eigenvalue weighted by molar-refractivity contribution is -0.132. The minimum atomic E-state index is -3.83. The highest BCUT2D eigenvalue weighted by molar-refractivity contribution is 7.89. The Morgan fingerprint density at radius 1 is 1.04 bits per heavy atom. The molecule has 6 heteroatoms. The molecular formula is C20H24N2O3S. The van der Waals surface area contributed by atoms with Gasteiger partial charge >= 0.3 is 0 Å². The van der Waals surface area contributed by atoms with E-state index in [-0.39, 0.29) is 10.8 Å². The lowest BCUT2D eigenvalue weighted by Crippen LogP contribution is -2.41. The molecule has 0 saturated carbocycles. The van der Waals surface area contributed by atoms with Crippen LogP contribution >= 0.6 is 0 Å². The molecule has 0 radical (unpaired) electrons. The summed E-state index contributed by atoms with van der Waals surface area (Å²) >= 11 is 0. The molecule has 0 bridgehead atoms. The van der Waals surface area contributed by atoms with Gasteiger partial charge in [-0.25, -0.2) is 8.42 Å². The van der Waals surface area contributed by atoms with E-state index >= 15 is 0 Å². The highest BCUT2D eigenvalue weighted by atomic mass is 32.2. The lowest BCUT2D eigenvalue weighted by atomic mass is 10.1. The minimum absolute atomic E-state index is 0.192. The van der Waals surface area contributed by atoms with Crippen molar-refractivity contribution in [2.75, 3.05) is 13.1 Å². The number of amides is 1. The SMILES string of the molecule is Cc1ccc(C)c(S(=O)(=O)N[C@H](C(=O)N2CCCC2)c2ccccc2)c1. The zero-order valence-electron chi connectivity index (χ0n) is 15.1. The molecule has 0 aromatic heterocycles. The fourth-order valence-corrected chi connectivity index (χ4v) is 4.75. The molecular weight excluding hydrogens is 348 g/mol. The number of carbonyl (C=O) groups is 1. The van der Waals surface area contributed by atoms with E-state index in [1.54, 1.807) is 36.1 Å². The largest absolute Gasteiger partial charge is 0.341 e. The van der Waals surface area contributed by atoms with Gasteiger partial charge in [0, 0.05) is 13.1 Å². The van der Waals surface area contributed by atoms with Crippen LogP contribution in [0.5, 0.6) is 0 Å². The molecule has 1 amide bonds. The molecule has 1 aliphatic rings. The number of likely N-dealkylation sites (tertiary alicyclic amines) is 1. The Balaban J connectivity index is 1.97. The lowest BCUT2D eigenvalue weighted by Gasteiger charge is -2.24. The van der Waals surface area contributed by atoms with Gasteiger partial charge in [-0.15, -0.1) is 0 Å². The summed E-state index contributed by atoms with van der Waals surface area (Å²) in [5.41, 5.74) is 2.17. The first-order chi connectivity index (χ1) is 12.4. The van der Waals surface area contributed by atoms with E-state index in [1.807, 2.05) is 31.2 Å². The Morgan fingerprint density at radius 3 is 2.35 bits per heavy atom. The molecule has 1 fully saturated rings. The first-order valence-corrected chi connectivity index (χ1v) is 10.3. The van der Waals surface area contributed by atoms with Crippen LogP contribution in [0.25, 0.3) is 0 Å². The summed E-state index contributed by atoms with van der Waals surface area (Å²) in [4.78, 5) is 15.0. The summed E-state index contributed by atoms with van der Waals surface area (Å²) in [6.45, 7) is 4.96. The van der Waals surface area contributed by atoms with Crippen LogP contribution in [-0.4, -0.2) is 32.3 Å². The molecule has 0 aliphatic carbocycles. The van der Waals surface area contributed by atoms with E-state index in [4.69, 9.17) is 0 Å². The third-order valence-electron chi connectivity index (χ3n) is 4.70. The van der Waals surface area contributed by atoms with Crippen molar-refractivity contribution in [2.45, 2.75) is 37.6 Å². The topological polar surface area (TPSA) is 66.5 Å². The van der Waals surface area contributed by atoms with Crippen molar-refractivity contribution < 1.29 is 13.2 Å². The van der Waals surface area contributed by atoms with Crippen molar-refractivity contribution in [1.82, 2.24) is 9.62 Å². The van der Waals surface area contributed by atoms with E-state index in [9.17, 15) is 13.2 Å². The van der Waals surface area contributed by atoms with Crippen LogP contribution in [0.2, 0.25) is 0 Å². The van der Waals surface area contributed by atoms with Gasteiger partial charge in [-0.1, -0.05) is 42.5 Å². The molecule has 2 aromatic rings. The second kappa shape index (κ2) is 7.60. The Hall–Kier alpha value is -2.18. The molecule has 1 saturated heterocycles. The van der Waals surface area contributed by atoms with Gasteiger partial charge in [0.15, 0.2) is 0 Å². The van der Waals surface area contributed by atoms with Crippen LogP contribution in [0.1, 0.15) is 35.6 Å². The fraction of sp³-hybridized carbons (Fsp3) is 0.350. The number of sulfonamides is 1. The van der Waals surface area contributed by atoms with Crippen molar-refractivity contribution in [2.24, 2.45) is 0 Å². The summed E-state index contributed by atoms with van der Waals surface area (Å²) in [5.74, 6) is -0.192. The van der Waals surface area contributed by atoms with Crippen LogP contribution in [-0.2, 0) is 14.8 Å². The van der Waals surface area contributed by atoms with Gasteiger partial charge < -0.3 is 4.90 Å². The van der Waals surface area contributed by atoms with Crippen molar-refractivity contribution in [3.8, 4) is 0 Å². The summed E-state index contributed by atoms with van der Waals surface area (Å²) in [7, 11) is -3.83. The zero-order chi connectivity index (χ0) is 18.7. The maximum Gasteiger partial charge on any atom is 0.245 e. The predicted molar refractivity (Wildman–Crippen MR) is 101 cm³/mol.